The SMILES string of the molecule is CC1CC2(CCO1)CC(=O)NC(=O)C2c1ccccc1Cl. The molecule has 0 aliphatic carbocycles. The molecule has 1 aromatic carbocycles. The van der Waals surface area contributed by atoms with Crippen LogP contribution in [0.4, 0.5) is 0 Å². The van der Waals surface area contributed by atoms with E-state index in [2.05, 4.69) is 5.32 Å². The minimum Gasteiger partial charge on any atom is -0.378 e. The van der Waals surface area contributed by atoms with Gasteiger partial charge < -0.3 is 4.74 Å². The largest absolute Gasteiger partial charge is 0.378 e. The molecule has 112 valence electrons. The molecule has 2 amide bonds. The smallest absolute Gasteiger partial charge is 0.234 e. The molecule has 1 N–H and O–H groups in total. The molecular weight excluding hydrogens is 290 g/mol. The Morgan fingerprint density at radius 1 is 1.33 bits per heavy atom. The van der Waals surface area contributed by atoms with Gasteiger partial charge in [-0.25, -0.2) is 0 Å². The van der Waals surface area contributed by atoms with E-state index >= 15 is 0 Å². The Bertz CT molecular complexity index is 589. The molecule has 0 aromatic heterocycles. The maximum atomic E-state index is 12.5. The van der Waals surface area contributed by atoms with Gasteiger partial charge >= 0.3 is 0 Å². The lowest BCUT2D eigenvalue weighted by Gasteiger charge is -2.47. The number of rotatable bonds is 1. The normalized spacial score (nSPS) is 33.0. The topological polar surface area (TPSA) is 55.4 Å². The fourth-order valence-electron chi connectivity index (χ4n) is 3.75. The Labute approximate surface area is 128 Å². The number of ether oxygens (including phenoxy) is 1. The van der Waals surface area contributed by atoms with Crippen LogP contribution >= 0.6 is 11.6 Å². The van der Waals surface area contributed by atoms with Gasteiger partial charge in [-0.3, -0.25) is 14.9 Å². The molecule has 5 heteroatoms. The summed E-state index contributed by atoms with van der Waals surface area (Å²) in [5.41, 5.74) is 0.417. The molecule has 21 heavy (non-hydrogen) atoms. The van der Waals surface area contributed by atoms with Gasteiger partial charge in [0.15, 0.2) is 0 Å². The molecule has 0 bridgehead atoms. The van der Waals surface area contributed by atoms with Crippen molar-refractivity contribution in [2.45, 2.75) is 38.2 Å². The third-order valence-corrected chi connectivity index (χ3v) is 4.91. The molecule has 2 aliphatic heterocycles. The van der Waals surface area contributed by atoms with Crippen molar-refractivity contribution in [3.05, 3.63) is 34.9 Å². The maximum Gasteiger partial charge on any atom is 0.234 e. The van der Waals surface area contributed by atoms with E-state index in [1.807, 2.05) is 25.1 Å². The van der Waals surface area contributed by atoms with Gasteiger partial charge in [0.1, 0.15) is 0 Å². The van der Waals surface area contributed by atoms with Crippen molar-refractivity contribution in [1.29, 1.82) is 0 Å². The number of carbonyl (C=O) groups excluding carboxylic acids is 2. The number of imide groups is 1. The number of amides is 2. The summed E-state index contributed by atoms with van der Waals surface area (Å²) in [5, 5.41) is 3.04. The van der Waals surface area contributed by atoms with Crippen LogP contribution < -0.4 is 5.32 Å². The van der Waals surface area contributed by atoms with E-state index in [9.17, 15) is 9.59 Å². The Hall–Kier alpha value is -1.39. The summed E-state index contributed by atoms with van der Waals surface area (Å²) in [5.74, 6) is -0.832. The Kier molecular flexibility index (Phi) is 3.76. The second kappa shape index (κ2) is 5.43. The van der Waals surface area contributed by atoms with E-state index in [0.29, 0.717) is 30.9 Å². The third-order valence-electron chi connectivity index (χ3n) is 4.56. The second-order valence-corrected chi connectivity index (χ2v) is 6.45. The van der Waals surface area contributed by atoms with Crippen LogP contribution in [0, 0.1) is 5.41 Å². The standard InChI is InChI=1S/C16H18ClNO3/c1-10-8-16(6-7-21-10)9-13(19)18-15(20)14(16)11-4-2-3-5-12(11)17/h2-5,10,14H,6-9H2,1H3,(H,18,19,20). The lowest BCUT2D eigenvalue weighted by atomic mass is 9.62. The lowest BCUT2D eigenvalue weighted by molar-refractivity contribution is -0.146. The van der Waals surface area contributed by atoms with Gasteiger partial charge in [-0.2, -0.15) is 0 Å². The number of hydrogen-bond acceptors (Lipinski definition) is 3. The summed E-state index contributed by atoms with van der Waals surface area (Å²) < 4.78 is 5.61. The molecule has 0 saturated carbocycles. The van der Waals surface area contributed by atoms with Gasteiger partial charge in [0.05, 0.1) is 12.0 Å². The average molecular weight is 308 g/mol. The Balaban J connectivity index is 2.07. The summed E-state index contributed by atoms with van der Waals surface area (Å²) >= 11 is 6.30. The van der Waals surface area contributed by atoms with Crippen LogP contribution in [-0.2, 0) is 14.3 Å². The van der Waals surface area contributed by atoms with Crippen LogP contribution in [0.15, 0.2) is 24.3 Å². The van der Waals surface area contributed by atoms with Crippen molar-refractivity contribution < 1.29 is 14.3 Å². The summed E-state index contributed by atoms with van der Waals surface area (Å²) in [6.45, 7) is 2.56. The van der Waals surface area contributed by atoms with Crippen LogP contribution in [-0.4, -0.2) is 24.5 Å². The first-order chi connectivity index (χ1) is 10.0. The zero-order chi connectivity index (χ0) is 15.0. The minimum absolute atomic E-state index is 0.0439. The van der Waals surface area contributed by atoms with Crippen LogP contribution in [0.5, 0.6) is 0 Å². The average Bonchev–Trinajstić information content (AvgIpc) is 2.39. The highest BCUT2D eigenvalue weighted by Gasteiger charge is 2.51. The number of nitrogens with one attached hydrogen (secondary N) is 1. The van der Waals surface area contributed by atoms with Gasteiger partial charge in [-0.05, 0) is 36.8 Å². The van der Waals surface area contributed by atoms with E-state index in [0.717, 1.165) is 5.56 Å². The van der Waals surface area contributed by atoms with Gasteiger partial charge in [-0.15, -0.1) is 0 Å². The molecule has 1 spiro atoms. The molecule has 2 saturated heterocycles. The summed E-state index contributed by atoms with van der Waals surface area (Å²) in [6, 6.07) is 7.39. The summed E-state index contributed by atoms with van der Waals surface area (Å²) in [7, 11) is 0. The minimum atomic E-state index is -0.393. The van der Waals surface area contributed by atoms with E-state index < -0.39 is 5.92 Å². The second-order valence-electron chi connectivity index (χ2n) is 6.04. The number of halogens is 1. The van der Waals surface area contributed by atoms with E-state index in [-0.39, 0.29) is 23.3 Å². The van der Waals surface area contributed by atoms with Gasteiger partial charge in [0, 0.05) is 18.1 Å². The van der Waals surface area contributed by atoms with Crippen molar-refractivity contribution in [1.82, 2.24) is 5.32 Å². The van der Waals surface area contributed by atoms with Gasteiger partial charge in [-0.1, -0.05) is 29.8 Å². The fraction of sp³-hybridized carbons (Fsp3) is 0.500. The van der Waals surface area contributed by atoms with Gasteiger partial charge in [0.25, 0.3) is 0 Å². The van der Waals surface area contributed by atoms with Crippen molar-refractivity contribution in [3.63, 3.8) is 0 Å². The first-order valence-corrected chi connectivity index (χ1v) is 7.59. The summed E-state index contributed by atoms with van der Waals surface area (Å²) in [4.78, 5) is 24.4. The van der Waals surface area contributed by atoms with Crippen LogP contribution in [0.3, 0.4) is 0 Å². The van der Waals surface area contributed by atoms with E-state index in [4.69, 9.17) is 16.3 Å². The highest BCUT2D eigenvalue weighted by molar-refractivity contribution is 6.31. The predicted molar refractivity (Wildman–Crippen MR) is 79.0 cm³/mol. The van der Waals surface area contributed by atoms with E-state index in [1.165, 1.54) is 0 Å². The van der Waals surface area contributed by atoms with Crippen LogP contribution in [0.25, 0.3) is 0 Å². The highest BCUT2D eigenvalue weighted by atomic mass is 35.5. The van der Waals surface area contributed by atoms with Gasteiger partial charge in [0.2, 0.25) is 11.8 Å². The third kappa shape index (κ3) is 2.58. The predicted octanol–water partition coefficient (Wildman–Crippen LogP) is 2.66. The van der Waals surface area contributed by atoms with Crippen LogP contribution in [0.2, 0.25) is 5.02 Å². The number of benzene rings is 1. The molecule has 3 rings (SSSR count). The summed E-state index contributed by atoms with van der Waals surface area (Å²) in [6.07, 6.45) is 1.79. The van der Waals surface area contributed by atoms with Crippen molar-refractivity contribution in [2.24, 2.45) is 5.41 Å². The number of hydrogen-bond donors (Lipinski definition) is 1. The monoisotopic (exact) mass is 307 g/mol. The van der Waals surface area contributed by atoms with Crippen molar-refractivity contribution in [3.8, 4) is 0 Å². The molecule has 3 atom stereocenters. The molecule has 1 aromatic rings. The maximum absolute atomic E-state index is 12.5. The molecule has 2 aliphatic rings. The quantitative estimate of drug-likeness (QED) is 0.812. The Morgan fingerprint density at radius 3 is 2.81 bits per heavy atom. The van der Waals surface area contributed by atoms with Crippen molar-refractivity contribution in [2.75, 3.05) is 6.61 Å². The zero-order valence-corrected chi connectivity index (χ0v) is 12.7. The molecule has 2 fully saturated rings. The van der Waals surface area contributed by atoms with Crippen molar-refractivity contribution >= 4 is 23.4 Å². The molecule has 2 heterocycles. The number of piperidine rings is 1. The molecule has 3 unspecified atom stereocenters. The van der Waals surface area contributed by atoms with E-state index in [1.54, 1.807) is 6.07 Å². The lowest BCUT2D eigenvalue weighted by Crippen LogP contribution is -2.53. The zero-order valence-electron chi connectivity index (χ0n) is 11.9. The first kappa shape index (κ1) is 14.5. The molecule has 4 nitrogen and oxygen atoms in total. The highest BCUT2D eigenvalue weighted by Crippen LogP contribution is 2.51. The first-order valence-electron chi connectivity index (χ1n) is 7.21. The molecular formula is C16H18ClNO3. The Morgan fingerprint density at radius 2 is 2.10 bits per heavy atom. The molecule has 0 radical (unpaired) electrons. The number of carbonyl (C=O) groups is 2. The fourth-order valence-corrected chi connectivity index (χ4v) is 4.00. The van der Waals surface area contributed by atoms with Crippen LogP contribution in [0.1, 0.15) is 37.7 Å².